The highest BCUT2D eigenvalue weighted by Gasteiger charge is 2.25. The van der Waals surface area contributed by atoms with Gasteiger partial charge in [-0.1, -0.05) is 15.9 Å². The Morgan fingerprint density at radius 1 is 1.39 bits per heavy atom. The summed E-state index contributed by atoms with van der Waals surface area (Å²) in [5.74, 6) is 0.292. The molecule has 2 aromatic rings. The van der Waals surface area contributed by atoms with Crippen LogP contribution in [0.3, 0.4) is 0 Å². The molecule has 6 nitrogen and oxygen atoms in total. The maximum atomic E-state index is 11.7. The Hall–Kier alpha value is -1.89. The van der Waals surface area contributed by atoms with E-state index in [1.807, 2.05) is 22.7 Å². The van der Waals surface area contributed by atoms with E-state index in [9.17, 15) is 9.59 Å². The molecule has 1 saturated heterocycles. The lowest BCUT2D eigenvalue weighted by molar-refractivity contribution is -0.120. The van der Waals surface area contributed by atoms with Gasteiger partial charge in [0.25, 0.3) is 0 Å². The summed E-state index contributed by atoms with van der Waals surface area (Å²) in [5, 5.41) is 2.27. The quantitative estimate of drug-likeness (QED) is 0.869. The Labute approximate surface area is 111 Å². The number of carbonyl (C=O) groups is 2. The summed E-state index contributed by atoms with van der Waals surface area (Å²) in [4.78, 5) is 28.6. The molecule has 0 spiro atoms. The van der Waals surface area contributed by atoms with Gasteiger partial charge in [0.15, 0.2) is 5.82 Å². The molecule has 1 aliphatic heterocycles. The number of imidazole rings is 1. The summed E-state index contributed by atoms with van der Waals surface area (Å²) in [6.07, 6.45) is 3.91. The lowest BCUT2D eigenvalue weighted by Crippen LogP contribution is -2.49. The fourth-order valence-electron chi connectivity index (χ4n) is 1.86. The Morgan fingerprint density at radius 3 is 3.00 bits per heavy atom. The van der Waals surface area contributed by atoms with Crippen molar-refractivity contribution in [3.63, 3.8) is 0 Å². The summed E-state index contributed by atoms with van der Waals surface area (Å²) in [5.41, 5.74) is 0.740. The van der Waals surface area contributed by atoms with Crippen molar-refractivity contribution in [2.24, 2.45) is 0 Å². The van der Waals surface area contributed by atoms with Crippen LogP contribution in [0.15, 0.2) is 29.0 Å². The zero-order valence-corrected chi connectivity index (χ0v) is 10.8. The number of carbonyl (C=O) groups excluding carboxylic acids is 2. The van der Waals surface area contributed by atoms with Gasteiger partial charge in [0, 0.05) is 23.6 Å². The molecule has 3 heterocycles. The number of urea groups is 1. The summed E-state index contributed by atoms with van der Waals surface area (Å²) >= 11 is 3.37. The Bertz CT molecular complexity index is 652. The van der Waals surface area contributed by atoms with Gasteiger partial charge in [-0.3, -0.25) is 15.0 Å². The zero-order chi connectivity index (χ0) is 12.7. The van der Waals surface area contributed by atoms with Crippen molar-refractivity contribution in [3.05, 3.63) is 29.0 Å². The van der Waals surface area contributed by atoms with E-state index in [2.05, 4.69) is 26.2 Å². The third-order valence-corrected chi connectivity index (χ3v) is 3.23. The number of hydrogen-bond donors (Lipinski definition) is 1. The summed E-state index contributed by atoms with van der Waals surface area (Å²) in [6.45, 7) is 0.357. The monoisotopic (exact) mass is 308 g/mol. The van der Waals surface area contributed by atoms with Crippen LogP contribution >= 0.6 is 15.9 Å². The molecule has 0 aliphatic carbocycles. The van der Waals surface area contributed by atoms with Gasteiger partial charge in [-0.05, 0) is 12.1 Å². The van der Waals surface area contributed by atoms with E-state index in [-0.39, 0.29) is 5.91 Å². The van der Waals surface area contributed by atoms with Gasteiger partial charge < -0.3 is 4.40 Å². The van der Waals surface area contributed by atoms with Crippen LogP contribution in [-0.4, -0.2) is 27.9 Å². The molecule has 3 amide bonds. The molecule has 2 aromatic heterocycles. The highest BCUT2D eigenvalue weighted by molar-refractivity contribution is 9.10. The van der Waals surface area contributed by atoms with Gasteiger partial charge in [0.05, 0.1) is 6.20 Å². The van der Waals surface area contributed by atoms with Crippen LogP contribution in [0, 0.1) is 0 Å². The SMILES string of the molecule is O=C1CCN(c2cn3ccc(Br)cc3n2)C(=O)N1. The second-order valence-corrected chi connectivity index (χ2v) is 4.88. The number of amides is 3. The molecule has 1 N–H and O–H groups in total. The van der Waals surface area contributed by atoms with Gasteiger partial charge >= 0.3 is 6.03 Å². The number of halogens is 1. The fraction of sp³-hybridized carbons (Fsp3) is 0.182. The number of imide groups is 1. The normalized spacial score (nSPS) is 16.2. The Kier molecular flexibility index (Phi) is 2.55. The maximum absolute atomic E-state index is 11.7. The molecular formula is C11H9BrN4O2. The molecular weight excluding hydrogens is 300 g/mol. The van der Waals surface area contributed by atoms with Crippen molar-refractivity contribution in [1.29, 1.82) is 0 Å². The number of rotatable bonds is 1. The number of fused-ring (bicyclic) bond motifs is 1. The largest absolute Gasteiger partial charge is 0.329 e. The van der Waals surface area contributed by atoms with Crippen molar-refractivity contribution in [1.82, 2.24) is 14.7 Å². The maximum Gasteiger partial charge on any atom is 0.329 e. The first-order valence-electron chi connectivity index (χ1n) is 5.39. The van der Waals surface area contributed by atoms with E-state index in [1.165, 1.54) is 4.90 Å². The van der Waals surface area contributed by atoms with Gasteiger partial charge in [-0.15, -0.1) is 0 Å². The minimum Gasteiger partial charge on any atom is -0.305 e. The van der Waals surface area contributed by atoms with E-state index in [4.69, 9.17) is 0 Å². The molecule has 18 heavy (non-hydrogen) atoms. The number of nitrogens with one attached hydrogen (secondary N) is 1. The van der Waals surface area contributed by atoms with Crippen molar-refractivity contribution in [3.8, 4) is 0 Å². The molecule has 3 rings (SSSR count). The van der Waals surface area contributed by atoms with E-state index < -0.39 is 6.03 Å². The minimum atomic E-state index is -0.422. The molecule has 0 bridgehead atoms. The number of pyridine rings is 1. The molecule has 92 valence electrons. The van der Waals surface area contributed by atoms with Crippen molar-refractivity contribution in [2.75, 3.05) is 11.4 Å². The van der Waals surface area contributed by atoms with Crippen LogP contribution in [-0.2, 0) is 4.79 Å². The molecule has 0 saturated carbocycles. The highest BCUT2D eigenvalue weighted by Crippen LogP contribution is 2.19. The molecule has 1 fully saturated rings. The van der Waals surface area contributed by atoms with Crippen LogP contribution in [0.2, 0.25) is 0 Å². The topological polar surface area (TPSA) is 66.7 Å². The second-order valence-electron chi connectivity index (χ2n) is 3.96. The van der Waals surface area contributed by atoms with E-state index >= 15 is 0 Å². The lowest BCUT2D eigenvalue weighted by atomic mass is 10.3. The first-order valence-corrected chi connectivity index (χ1v) is 6.18. The third-order valence-electron chi connectivity index (χ3n) is 2.74. The summed E-state index contributed by atoms with van der Waals surface area (Å²) in [6, 6.07) is 3.32. The standard InChI is InChI=1S/C11H9BrN4O2/c12-7-1-3-15-6-9(13-8(15)5-7)16-4-2-10(17)14-11(16)18/h1,3,5-6H,2,4H2,(H,14,17,18). The first kappa shape index (κ1) is 11.2. The lowest BCUT2D eigenvalue weighted by Gasteiger charge is -2.24. The molecule has 0 radical (unpaired) electrons. The average molecular weight is 309 g/mol. The van der Waals surface area contributed by atoms with Crippen LogP contribution in [0.1, 0.15) is 6.42 Å². The Balaban J connectivity index is 1.99. The van der Waals surface area contributed by atoms with Crippen molar-refractivity contribution < 1.29 is 9.59 Å². The predicted molar refractivity (Wildman–Crippen MR) is 68.4 cm³/mol. The number of hydrogen-bond acceptors (Lipinski definition) is 3. The predicted octanol–water partition coefficient (Wildman–Crippen LogP) is 1.54. The van der Waals surface area contributed by atoms with E-state index in [0.717, 1.165) is 10.1 Å². The van der Waals surface area contributed by atoms with Crippen LogP contribution in [0.25, 0.3) is 5.65 Å². The number of nitrogens with zero attached hydrogens (tertiary/aromatic N) is 3. The van der Waals surface area contributed by atoms with Gasteiger partial charge in [0.2, 0.25) is 5.91 Å². The highest BCUT2D eigenvalue weighted by atomic mass is 79.9. The molecule has 0 aromatic carbocycles. The zero-order valence-electron chi connectivity index (χ0n) is 9.26. The van der Waals surface area contributed by atoms with Gasteiger partial charge in [-0.25, -0.2) is 9.78 Å². The van der Waals surface area contributed by atoms with Crippen molar-refractivity contribution in [2.45, 2.75) is 6.42 Å². The van der Waals surface area contributed by atoms with E-state index in [1.54, 1.807) is 6.20 Å². The Morgan fingerprint density at radius 2 is 2.22 bits per heavy atom. The smallest absolute Gasteiger partial charge is 0.305 e. The molecule has 7 heteroatoms. The fourth-order valence-corrected chi connectivity index (χ4v) is 2.18. The second kappa shape index (κ2) is 4.09. The first-order chi connectivity index (χ1) is 8.63. The number of anilines is 1. The number of aromatic nitrogens is 2. The van der Waals surface area contributed by atoms with E-state index in [0.29, 0.717) is 18.8 Å². The third kappa shape index (κ3) is 1.86. The van der Waals surface area contributed by atoms with Crippen molar-refractivity contribution >= 4 is 39.3 Å². The minimum absolute atomic E-state index is 0.247. The molecule has 1 aliphatic rings. The van der Waals surface area contributed by atoms with Gasteiger partial charge in [0.1, 0.15) is 5.65 Å². The molecule has 0 atom stereocenters. The van der Waals surface area contributed by atoms with Crippen LogP contribution in [0.4, 0.5) is 10.6 Å². The van der Waals surface area contributed by atoms with Gasteiger partial charge in [-0.2, -0.15) is 0 Å². The van der Waals surface area contributed by atoms with Crippen LogP contribution in [0.5, 0.6) is 0 Å². The molecule has 0 unspecified atom stereocenters. The summed E-state index contributed by atoms with van der Waals surface area (Å²) in [7, 11) is 0. The average Bonchev–Trinajstić information content (AvgIpc) is 2.71. The van der Waals surface area contributed by atoms with Crippen LogP contribution < -0.4 is 10.2 Å². The summed E-state index contributed by atoms with van der Waals surface area (Å²) < 4.78 is 2.74.